The summed E-state index contributed by atoms with van der Waals surface area (Å²) in [6.07, 6.45) is 3.17. The van der Waals surface area contributed by atoms with Crippen molar-refractivity contribution >= 4 is 11.8 Å². The molecule has 0 aliphatic heterocycles. The second-order valence-electron chi connectivity index (χ2n) is 2.24. The third-order valence-corrected chi connectivity index (χ3v) is 1.36. The fraction of sp³-hybridized carbons (Fsp3) is 0.286. The first-order chi connectivity index (χ1) is 5.66. The largest absolute Gasteiger partial charge is 0.349 e. The Labute approximate surface area is 68.8 Å². The summed E-state index contributed by atoms with van der Waals surface area (Å²) in [5, 5.41) is 13.9. The lowest BCUT2D eigenvalue weighted by atomic mass is 10.3. The first kappa shape index (κ1) is 8.45. The summed E-state index contributed by atoms with van der Waals surface area (Å²) in [7, 11) is 0. The average molecular weight is 168 g/mol. The lowest BCUT2D eigenvalue weighted by Gasteiger charge is -1.85. The molecule has 1 heterocycles. The normalized spacial score (nSPS) is 10.8. The molecule has 12 heavy (non-hydrogen) atoms. The second-order valence-corrected chi connectivity index (χ2v) is 2.24. The average Bonchev–Trinajstić information content (AvgIpc) is 2.32. The van der Waals surface area contributed by atoms with E-state index < -0.39 is 4.92 Å². The molecule has 0 unspecified atom stereocenters. The van der Waals surface area contributed by atoms with E-state index in [9.17, 15) is 10.1 Å². The Balaban J connectivity index is 3.21. The van der Waals surface area contributed by atoms with Gasteiger partial charge in [-0.05, 0) is 19.9 Å². The molecule has 0 spiro atoms. The molecule has 5 nitrogen and oxygen atoms in total. The Morgan fingerprint density at radius 3 is 2.83 bits per heavy atom. The molecule has 0 saturated carbocycles. The fourth-order valence-corrected chi connectivity index (χ4v) is 0.865. The van der Waals surface area contributed by atoms with E-state index in [-0.39, 0.29) is 11.4 Å². The molecule has 0 aliphatic rings. The van der Waals surface area contributed by atoms with Gasteiger partial charge in [0.25, 0.3) is 0 Å². The molecule has 0 atom stereocenters. The highest BCUT2D eigenvalue weighted by Crippen LogP contribution is 2.23. The number of aromatic nitrogens is 1. The molecule has 0 fully saturated rings. The zero-order valence-electron chi connectivity index (χ0n) is 6.77. The maximum Gasteiger partial charge on any atom is 0.338 e. The minimum atomic E-state index is -0.499. The predicted molar refractivity (Wildman–Crippen MR) is 42.6 cm³/mol. The van der Waals surface area contributed by atoms with Crippen molar-refractivity contribution in [1.82, 2.24) is 5.16 Å². The molecule has 64 valence electrons. The van der Waals surface area contributed by atoms with E-state index in [4.69, 9.17) is 4.52 Å². The molecule has 5 heteroatoms. The fourth-order valence-electron chi connectivity index (χ4n) is 0.865. The Bertz CT molecular complexity index is 327. The molecular formula is C7H8N2O3. The van der Waals surface area contributed by atoms with Crippen molar-refractivity contribution in [3.05, 3.63) is 27.6 Å². The third-order valence-electron chi connectivity index (χ3n) is 1.36. The van der Waals surface area contributed by atoms with E-state index in [0.29, 0.717) is 5.69 Å². The lowest BCUT2D eigenvalue weighted by Crippen LogP contribution is -1.89. The lowest BCUT2D eigenvalue weighted by molar-refractivity contribution is -0.386. The first-order valence-corrected chi connectivity index (χ1v) is 3.40. The van der Waals surface area contributed by atoms with Crippen LogP contribution < -0.4 is 0 Å². The van der Waals surface area contributed by atoms with Crippen LogP contribution in [0.15, 0.2) is 10.6 Å². The number of nitro groups is 1. The molecule has 0 N–H and O–H groups in total. The topological polar surface area (TPSA) is 69.2 Å². The van der Waals surface area contributed by atoms with Gasteiger partial charge in [0.1, 0.15) is 0 Å². The maximum absolute atomic E-state index is 10.5. The summed E-state index contributed by atoms with van der Waals surface area (Å²) in [5.74, 6) is 0.194. The van der Waals surface area contributed by atoms with Gasteiger partial charge in [0.05, 0.1) is 4.92 Å². The summed E-state index contributed by atoms with van der Waals surface area (Å²) in [5.41, 5.74) is 0.237. The Morgan fingerprint density at radius 1 is 1.67 bits per heavy atom. The number of aryl methyl sites for hydroxylation is 1. The monoisotopic (exact) mass is 168 g/mol. The second kappa shape index (κ2) is 3.17. The molecule has 0 bridgehead atoms. The van der Waals surface area contributed by atoms with Crippen molar-refractivity contribution in [2.45, 2.75) is 13.8 Å². The minimum Gasteiger partial charge on any atom is -0.349 e. The highest BCUT2D eigenvalue weighted by Gasteiger charge is 2.21. The summed E-state index contributed by atoms with van der Waals surface area (Å²) < 4.78 is 4.72. The van der Waals surface area contributed by atoms with Crippen LogP contribution in [0.2, 0.25) is 0 Å². The van der Waals surface area contributed by atoms with Crippen molar-refractivity contribution < 1.29 is 9.45 Å². The number of allylic oxidation sites excluding steroid dienone is 1. The van der Waals surface area contributed by atoms with Gasteiger partial charge in [0.2, 0.25) is 5.76 Å². The number of rotatable bonds is 2. The van der Waals surface area contributed by atoms with Crippen molar-refractivity contribution in [1.29, 1.82) is 0 Å². The van der Waals surface area contributed by atoms with Gasteiger partial charge in [-0.2, -0.15) is 0 Å². The molecule has 0 radical (unpaired) electrons. The number of nitrogens with zero attached hydrogens (tertiary/aromatic N) is 2. The van der Waals surface area contributed by atoms with Gasteiger partial charge in [0, 0.05) is 0 Å². The standard InChI is InChI=1S/C7H8N2O3/c1-3-4-6-7(9(10)11)5(2)8-12-6/h3-4H,1-2H3. The highest BCUT2D eigenvalue weighted by atomic mass is 16.6. The maximum atomic E-state index is 10.5. The van der Waals surface area contributed by atoms with Crippen molar-refractivity contribution in [2.24, 2.45) is 0 Å². The summed E-state index contributed by atoms with van der Waals surface area (Å²) in [6.45, 7) is 3.29. The van der Waals surface area contributed by atoms with Crippen molar-refractivity contribution in [3.63, 3.8) is 0 Å². The van der Waals surface area contributed by atoms with Crippen molar-refractivity contribution in [2.75, 3.05) is 0 Å². The molecule has 0 saturated heterocycles. The van der Waals surface area contributed by atoms with Crippen LogP contribution in [0.1, 0.15) is 18.4 Å². The molecular weight excluding hydrogens is 160 g/mol. The molecule has 0 amide bonds. The molecule has 1 rings (SSSR count). The van der Waals surface area contributed by atoms with Gasteiger partial charge in [0.15, 0.2) is 5.69 Å². The van der Waals surface area contributed by atoms with E-state index in [1.54, 1.807) is 13.0 Å². The van der Waals surface area contributed by atoms with Crippen molar-refractivity contribution in [3.8, 4) is 0 Å². The molecule has 1 aromatic rings. The zero-order chi connectivity index (χ0) is 9.14. The van der Waals surface area contributed by atoms with Crippen LogP contribution in [0, 0.1) is 17.0 Å². The summed E-state index contributed by atoms with van der Waals surface area (Å²) in [4.78, 5) is 9.95. The molecule has 1 aromatic heterocycles. The van der Waals surface area contributed by atoms with Crippen LogP contribution >= 0.6 is 0 Å². The summed E-state index contributed by atoms with van der Waals surface area (Å²) >= 11 is 0. The third kappa shape index (κ3) is 1.34. The Kier molecular flexibility index (Phi) is 2.23. The number of hydrogen-bond donors (Lipinski definition) is 0. The van der Waals surface area contributed by atoms with Crippen LogP contribution in [-0.4, -0.2) is 10.1 Å². The van der Waals surface area contributed by atoms with Crippen LogP contribution in [0.3, 0.4) is 0 Å². The van der Waals surface area contributed by atoms with Gasteiger partial charge in [-0.3, -0.25) is 10.1 Å². The predicted octanol–water partition coefficient (Wildman–Crippen LogP) is 1.92. The van der Waals surface area contributed by atoms with Crippen LogP contribution in [0.5, 0.6) is 0 Å². The van der Waals surface area contributed by atoms with E-state index in [1.165, 1.54) is 13.0 Å². The van der Waals surface area contributed by atoms with Crippen LogP contribution in [0.25, 0.3) is 6.08 Å². The van der Waals surface area contributed by atoms with E-state index >= 15 is 0 Å². The van der Waals surface area contributed by atoms with Gasteiger partial charge < -0.3 is 4.52 Å². The van der Waals surface area contributed by atoms with E-state index in [1.807, 2.05) is 0 Å². The minimum absolute atomic E-state index is 0.0619. The quantitative estimate of drug-likeness (QED) is 0.499. The smallest absolute Gasteiger partial charge is 0.338 e. The zero-order valence-corrected chi connectivity index (χ0v) is 6.77. The van der Waals surface area contributed by atoms with Crippen LogP contribution in [0.4, 0.5) is 5.69 Å². The number of hydrogen-bond acceptors (Lipinski definition) is 4. The van der Waals surface area contributed by atoms with E-state index in [2.05, 4.69) is 5.16 Å². The van der Waals surface area contributed by atoms with Gasteiger partial charge in [-0.1, -0.05) is 11.2 Å². The van der Waals surface area contributed by atoms with Gasteiger partial charge in [-0.25, -0.2) is 0 Å². The van der Waals surface area contributed by atoms with Gasteiger partial charge >= 0.3 is 5.69 Å². The first-order valence-electron chi connectivity index (χ1n) is 3.40. The van der Waals surface area contributed by atoms with E-state index in [0.717, 1.165) is 0 Å². The Morgan fingerprint density at radius 2 is 2.33 bits per heavy atom. The summed E-state index contributed by atoms with van der Waals surface area (Å²) in [6, 6.07) is 0. The van der Waals surface area contributed by atoms with Gasteiger partial charge in [-0.15, -0.1) is 0 Å². The highest BCUT2D eigenvalue weighted by molar-refractivity contribution is 5.56. The molecule has 0 aromatic carbocycles. The Hall–Kier alpha value is -1.65. The van der Waals surface area contributed by atoms with Crippen LogP contribution in [-0.2, 0) is 0 Å². The molecule has 0 aliphatic carbocycles. The SMILES string of the molecule is CC=Cc1onc(C)c1[N+](=O)[O-].